The van der Waals surface area contributed by atoms with Gasteiger partial charge in [-0.15, -0.1) is 0 Å². The number of carboxylic acid groups (broad SMARTS) is 1. The first-order valence-corrected chi connectivity index (χ1v) is 10.8. The van der Waals surface area contributed by atoms with Gasteiger partial charge in [-0.05, 0) is 25.1 Å². The van der Waals surface area contributed by atoms with Crippen LogP contribution in [0.2, 0.25) is 0 Å². The summed E-state index contributed by atoms with van der Waals surface area (Å²) in [6.45, 7) is 4.03. The molecule has 1 atom stereocenters. The number of piperazine rings is 1. The van der Waals surface area contributed by atoms with Gasteiger partial charge in [-0.25, -0.2) is 4.79 Å². The highest BCUT2D eigenvalue weighted by Gasteiger charge is 2.35. The molecule has 1 amide bonds. The summed E-state index contributed by atoms with van der Waals surface area (Å²) in [7, 11) is 1.59. The molecule has 2 aliphatic rings. The summed E-state index contributed by atoms with van der Waals surface area (Å²) in [5.41, 5.74) is 2.77. The zero-order chi connectivity index (χ0) is 23.1. The van der Waals surface area contributed by atoms with E-state index >= 15 is 0 Å². The van der Waals surface area contributed by atoms with Crippen LogP contribution in [0.5, 0.6) is 11.5 Å². The first-order chi connectivity index (χ1) is 16.0. The van der Waals surface area contributed by atoms with Gasteiger partial charge in [-0.1, -0.05) is 18.2 Å². The first-order valence-electron chi connectivity index (χ1n) is 10.8. The van der Waals surface area contributed by atoms with E-state index in [-0.39, 0.29) is 17.6 Å². The summed E-state index contributed by atoms with van der Waals surface area (Å²) >= 11 is 0. The van der Waals surface area contributed by atoms with Gasteiger partial charge in [0.15, 0.2) is 5.76 Å². The number of aromatic nitrogens is 2. The second kappa shape index (κ2) is 8.25. The van der Waals surface area contributed by atoms with Gasteiger partial charge in [0.25, 0.3) is 0 Å². The van der Waals surface area contributed by atoms with E-state index in [1.165, 1.54) is 4.90 Å². The minimum atomic E-state index is -0.907. The Labute approximate surface area is 190 Å². The van der Waals surface area contributed by atoms with Crippen molar-refractivity contribution < 1.29 is 24.2 Å². The number of fused-ring (bicyclic) bond motifs is 2. The van der Waals surface area contributed by atoms with Gasteiger partial charge in [0.05, 0.1) is 29.4 Å². The van der Waals surface area contributed by atoms with Crippen molar-refractivity contribution in [3.63, 3.8) is 0 Å². The number of rotatable bonds is 4. The van der Waals surface area contributed by atoms with E-state index in [4.69, 9.17) is 9.47 Å². The Balaban J connectivity index is 1.48. The lowest BCUT2D eigenvalue weighted by molar-refractivity contribution is 0.0877. The van der Waals surface area contributed by atoms with E-state index in [0.29, 0.717) is 48.9 Å². The van der Waals surface area contributed by atoms with E-state index in [1.54, 1.807) is 25.3 Å². The third kappa shape index (κ3) is 3.60. The molecule has 5 rings (SSSR count). The molecule has 0 spiro atoms. The van der Waals surface area contributed by atoms with Crippen molar-refractivity contribution in [3.8, 4) is 11.5 Å². The number of ether oxygens (including phenoxy) is 2. The topological polar surface area (TPSA) is 108 Å². The second-order valence-electron chi connectivity index (χ2n) is 8.13. The van der Waals surface area contributed by atoms with Crippen LogP contribution in [0.4, 0.5) is 4.79 Å². The van der Waals surface area contributed by atoms with Crippen LogP contribution >= 0.6 is 0 Å². The minimum Gasteiger partial charge on any atom is -0.496 e. The van der Waals surface area contributed by atoms with Crippen LogP contribution in [-0.2, 0) is 0 Å². The minimum absolute atomic E-state index is 0.135. The Morgan fingerprint density at radius 1 is 1.21 bits per heavy atom. The molecule has 33 heavy (non-hydrogen) atoms. The van der Waals surface area contributed by atoms with Gasteiger partial charge >= 0.3 is 6.09 Å². The van der Waals surface area contributed by atoms with Gasteiger partial charge in [-0.2, -0.15) is 5.10 Å². The maximum atomic E-state index is 13.2. The SMILES string of the molecule is COc1ccc2c(c1C(C)N1CCN(C(=O)O)CC1)OC(=Cc1n[nH]c3ccccc13)C2=O. The molecule has 2 aromatic carbocycles. The average molecular weight is 448 g/mol. The molecule has 170 valence electrons. The van der Waals surface area contributed by atoms with Crippen LogP contribution in [0.1, 0.15) is 34.6 Å². The third-order valence-electron chi connectivity index (χ3n) is 6.37. The number of benzene rings is 2. The van der Waals surface area contributed by atoms with Crippen LogP contribution in [0.25, 0.3) is 17.0 Å². The van der Waals surface area contributed by atoms with Gasteiger partial charge in [-0.3, -0.25) is 14.8 Å². The van der Waals surface area contributed by atoms with E-state index in [1.807, 2.05) is 31.2 Å². The van der Waals surface area contributed by atoms with E-state index in [2.05, 4.69) is 15.1 Å². The molecule has 9 heteroatoms. The Morgan fingerprint density at radius 2 is 1.97 bits per heavy atom. The number of carbonyl (C=O) groups excluding carboxylic acids is 1. The normalized spacial score (nSPS) is 18.4. The molecule has 0 radical (unpaired) electrons. The first kappa shape index (κ1) is 21.0. The fourth-order valence-corrected chi connectivity index (χ4v) is 4.53. The largest absolute Gasteiger partial charge is 0.496 e. The van der Waals surface area contributed by atoms with Crippen molar-refractivity contribution in [2.75, 3.05) is 33.3 Å². The molecule has 0 aliphatic carbocycles. The zero-order valence-electron chi connectivity index (χ0n) is 18.4. The average Bonchev–Trinajstić information content (AvgIpc) is 3.39. The number of ketones is 1. The van der Waals surface area contributed by atoms with Gasteiger partial charge in [0, 0.05) is 43.7 Å². The Kier molecular flexibility index (Phi) is 5.26. The maximum Gasteiger partial charge on any atom is 0.407 e. The van der Waals surface area contributed by atoms with Gasteiger partial charge < -0.3 is 19.5 Å². The summed E-state index contributed by atoms with van der Waals surface area (Å²) in [5, 5.41) is 17.4. The number of hydrogen-bond acceptors (Lipinski definition) is 6. The molecular weight excluding hydrogens is 424 g/mol. The van der Waals surface area contributed by atoms with Gasteiger partial charge in [0.2, 0.25) is 5.78 Å². The molecular formula is C24H24N4O5. The molecule has 1 unspecified atom stereocenters. The van der Waals surface area contributed by atoms with Crippen molar-refractivity contribution in [2.45, 2.75) is 13.0 Å². The summed E-state index contributed by atoms with van der Waals surface area (Å²) in [6, 6.07) is 11.1. The lowest BCUT2D eigenvalue weighted by atomic mass is 9.99. The van der Waals surface area contributed by atoms with Crippen molar-refractivity contribution in [1.29, 1.82) is 0 Å². The quantitative estimate of drug-likeness (QED) is 0.588. The van der Waals surface area contributed by atoms with Crippen molar-refractivity contribution in [3.05, 3.63) is 59.0 Å². The monoisotopic (exact) mass is 448 g/mol. The highest BCUT2D eigenvalue weighted by atomic mass is 16.5. The third-order valence-corrected chi connectivity index (χ3v) is 6.37. The number of hydrogen-bond donors (Lipinski definition) is 2. The summed E-state index contributed by atoms with van der Waals surface area (Å²) < 4.78 is 11.7. The zero-order valence-corrected chi connectivity index (χ0v) is 18.4. The van der Waals surface area contributed by atoms with E-state index < -0.39 is 6.09 Å². The Bertz CT molecular complexity index is 1270. The van der Waals surface area contributed by atoms with Crippen LogP contribution in [-0.4, -0.2) is 70.3 Å². The number of nitrogens with zero attached hydrogens (tertiary/aromatic N) is 3. The molecule has 2 N–H and O–H groups in total. The molecule has 0 bridgehead atoms. The number of carbonyl (C=O) groups is 2. The Morgan fingerprint density at radius 3 is 2.70 bits per heavy atom. The number of aromatic amines is 1. The standard InChI is InChI=1S/C24H24N4O5/c1-14(27-9-11-28(12-10-27)24(30)31)21-19(32-2)8-7-16-22(29)20(33-23(16)21)13-18-15-5-3-4-6-17(15)25-26-18/h3-8,13-14H,9-12H2,1-2H3,(H,25,26)(H,30,31). The maximum absolute atomic E-state index is 13.2. The number of amides is 1. The van der Waals surface area contributed by atoms with E-state index in [9.17, 15) is 14.7 Å². The predicted molar refractivity (Wildman–Crippen MR) is 122 cm³/mol. The number of allylic oxidation sites excluding steroid dienone is 1. The second-order valence-corrected chi connectivity index (χ2v) is 8.13. The smallest absolute Gasteiger partial charge is 0.407 e. The van der Waals surface area contributed by atoms with Crippen LogP contribution in [0.3, 0.4) is 0 Å². The van der Waals surface area contributed by atoms with Crippen molar-refractivity contribution >= 4 is 28.9 Å². The number of nitrogens with one attached hydrogen (secondary N) is 1. The number of methoxy groups -OCH3 is 1. The molecule has 3 aromatic rings. The van der Waals surface area contributed by atoms with Crippen molar-refractivity contribution in [1.82, 2.24) is 20.0 Å². The fourth-order valence-electron chi connectivity index (χ4n) is 4.53. The van der Waals surface area contributed by atoms with Crippen LogP contribution < -0.4 is 9.47 Å². The highest BCUT2D eigenvalue weighted by molar-refractivity contribution is 6.15. The van der Waals surface area contributed by atoms with Gasteiger partial charge in [0.1, 0.15) is 11.5 Å². The van der Waals surface area contributed by atoms with Crippen LogP contribution in [0.15, 0.2) is 42.2 Å². The summed E-state index contributed by atoms with van der Waals surface area (Å²) in [6.07, 6.45) is 0.753. The molecule has 0 saturated carbocycles. The number of H-pyrrole nitrogens is 1. The lowest BCUT2D eigenvalue weighted by Crippen LogP contribution is -2.48. The molecule has 2 aliphatic heterocycles. The molecule has 3 heterocycles. The summed E-state index contributed by atoms with van der Waals surface area (Å²) in [4.78, 5) is 28.0. The lowest BCUT2D eigenvalue weighted by Gasteiger charge is -2.37. The molecule has 1 fully saturated rings. The van der Waals surface area contributed by atoms with E-state index in [0.717, 1.165) is 16.5 Å². The summed E-state index contributed by atoms with van der Waals surface area (Å²) in [5.74, 6) is 1.11. The van der Waals surface area contributed by atoms with Crippen molar-refractivity contribution in [2.24, 2.45) is 0 Å². The fraction of sp³-hybridized carbons (Fsp3) is 0.292. The van der Waals surface area contributed by atoms with Crippen LogP contribution in [0, 0.1) is 0 Å². The molecule has 9 nitrogen and oxygen atoms in total. The molecule has 1 saturated heterocycles. The predicted octanol–water partition coefficient (Wildman–Crippen LogP) is 3.54. The number of para-hydroxylation sites is 1. The number of Topliss-reactive ketones (excluding diaryl/α,β-unsaturated/α-hetero) is 1. The highest BCUT2D eigenvalue weighted by Crippen LogP contribution is 2.44. The molecule has 1 aromatic heterocycles. The Hall–Kier alpha value is -3.85.